The predicted octanol–water partition coefficient (Wildman–Crippen LogP) is 4.13. The van der Waals surface area contributed by atoms with E-state index in [9.17, 15) is 5.26 Å². The number of pyridine rings is 1. The van der Waals surface area contributed by atoms with E-state index in [2.05, 4.69) is 11.0 Å². The highest BCUT2D eigenvalue weighted by Crippen LogP contribution is 2.34. The molecule has 2 aromatic carbocycles. The second-order valence-corrected chi connectivity index (χ2v) is 6.56. The highest BCUT2D eigenvalue weighted by atomic mass is 16.5. The Kier molecular flexibility index (Phi) is 5.22. The van der Waals surface area contributed by atoms with E-state index in [4.69, 9.17) is 14.5 Å². The van der Waals surface area contributed by atoms with Gasteiger partial charge in [0.2, 0.25) is 0 Å². The molecule has 1 aromatic heterocycles. The van der Waals surface area contributed by atoms with E-state index in [0.717, 1.165) is 47.0 Å². The molecule has 0 aliphatic carbocycles. The van der Waals surface area contributed by atoms with Crippen LogP contribution in [0.5, 0.6) is 5.75 Å². The van der Waals surface area contributed by atoms with Gasteiger partial charge in [0.25, 0.3) is 0 Å². The first kappa shape index (κ1) is 18.0. The zero-order valence-electron chi connectivity index (χ0n) is 15.8. The zero-order chi connectivity index (χ0) is 19.3. The lowest BCUT2D eigenvalue weighted by molar-refractivity contribution is 0.122. The van der Waals surface area contributed by atoms with Gasteiger partial charge in [0.15, 0.2) is 0 Å². The molecule has 5 heteroatoms. The predicted molar refractivity (Wildman–Crippen MR) is 109 cm³/mol. The van der Waals surface area contributed by atoms with Crippen LogP contribution in [0.25, 0.3) is 22.4 Å². The van der Waals surface area contributed by atoms with Gasteiger partial charge in [0.05, 0.1) is 26.0 Å². The van der Waals surface area contributed by atoms with Crippen molar-refractivity contribution in [2.45, 2.75) is 0 Å². The highest BCUT2D eigenvalue weighted by molar-refractivity contribution is 5.81. The molecule has 3 aromatic rings. The van der Waals surface area contributed by atoms with Gasteiger partial charge in [-0.2, -0.15) is 5.26 Å². The molecule has 1 aliphatic rings. The molecule has 1 fully saturated rings. The molecule has 5 nitrogen and oxygen atoms in total. The molecule has 1 aliphatic heterocycles. The number of rotatable bonds is 4. The highest BCUT2D eigenvalue weighted by Gasteiger charge is 2.21. The van der Waals surface area contributed by atoms with Gasteiger partial charge < -0.3 is 14.4 Å². The minimum absolute atomic E-state index is 0.590. The molecule has 4 rings (SSSR count). The Morgan fingerprint density at radius 2 is 1.71 bits per heavy atom. The largest absolute Gasteiger partial charge is 0.497 e. The fourth-order valence-electron chi connectivity index (χ4n) is 3.40. The number of nitrogens with zero attached hydrogens (tertiary/aromatic N) is 3. The van der Waals surface area contributed by atoms with E-state index < -0.39 is 0 Å². The molecule has 0 atom stereocenters. The third-order valence-corrected chi connectivity index (χ3v) is 4.89. The van der Waals surface area contributed by atoms with Crippen LogP contribution in [0.1, 0.15) is 5.56 Å². The van der Waals surface area contributed by atoms with Crippen molar-refractivity contribution in [3.05, 3.63) is 66.2 Å². The summed E-state index contributed by atoms with van der Waals surface area (Å²) in [5.74, 6) is 1.51. The van der Waals surface area contributed by atoms with Crippen LogP contribution >= 0.6 is 0 Å². The van der Waals surface area contributed by atoms with Crippen LogP contribution < -0.4 is 9.64 Å². The molecule has 0 spiro atoms. The van der Waals surface area contributed by atoms with Crippen LogP contribution in [0.2, 0.25) is 0 Å². The Morgan fingerprint density at radius 1 is 1.00 bits per heavy atom. The van der Waals surface area contributed by atoms with Crippen LogP contribution in [0, 0.1) is 11.3 Å². The first-order valence-electron chi connectivity index (χ1n) is 9.28. The topological polar surface area (TPSA) is 58.4 Å². The molecular weight excluding hydrogens is 350 g/mol. The van der Waals surface area contributed by atoms with Gasteiger partial charge >= 0.3 is 0 Å². The summed E-state index contributed by atoms with van der Waals surface area (Å²) in [5.41, 5.74) is 4.31. The number of ether oxygens (including phenoxy) is 2. The van der Waals surface area contributed by atoms with Gasteiger partial charge in [-0.15, -0.1) is 0 Å². The van der Waals surface area contributed by atoms with Crippen molar-refractivity contribution in [3.63, 3.8) is 0 Å². The van der Waals surface area contributed by atoms with Crippen LogP contribution in [-0.2, 0) is 4.74 Å². The van der Waals surface area contributed by atoms with E-state index in [0.29, 0.717) is 18.8 Å². The lowest BCUT2D eigenvalue weighted by Crippen LogP contribution is -2.37. The fraction of sp³-hybridized carbons (Fsp3) is 0.217. The van der Waals surface area contributed by atoms with E-state index in [1.165, 1.54) is 0 Å². The van der Waals surface area contributed by atoms with Gasteiger partial charge in [-0.3, -0.25) is 0 Å². The molecule has 140 valence electrons. The summed E-state index contributed by atoms with van der Waals surface area (Å²) in [6.07, 6.45) is 0. The molecule has 28 heavy (non-hydrogen) atoms. The Balaban J connectivity index is 1.90. The normalized spacial score (nSPS) is 13.8. The average Bonchev–Trinajstić information content (AvgIpc) is 2.79. The summed E-state index contributed by atoms with van der Waals surface area (Å²) < 4.78 is 10.8. The number of aromatic nitrogens is 1. The van der Waals surface area contributed by atoms with E-state index in [-0.39, 0.29) is 0 Å². The van der Waals surface area contributed by atoms with E-state index in [1.807, 2.05) is 60.7 Å². The molecule has 0 saturated carbocycles. The average molecular weight is 371 g/mol. The second-order valence-electron chi connectivity index (χ2n) is 6.56. The summed E-state index contributed by atoms with van der Waals surface area (Å²) in [6, 6.07) is 22.2. The third kappa shape index (κ3) is 3.55. The molecule has 0 amide bonds. The summed E-state index contributed by atoms with van der Waals surface area (Å²) >= 11 is 0. The summed E-state index contributed by atoms with van der Waals surface area (Å²) in [6.45, 7) is 2.73. The van der Waals surface area contributed by atoms with Crippen molar-refractivity contribution in [1.29, 1.82) is 5.26 Å². The molecular formula is C23H21N3O2. The molecule has 2 heterocycles. The molecule has 0 bridgehead atoms. The number of benzene rings is 2. The fourth-order valence-corrected chi connectivity index (χ4v) is 3.40. The maximum absolute atomic E-state index is 9.98. The Labute approximate surface area is 164 Å². The second kappa shape index (κ2) is 8.12. The van der Waals surface area contributed by atoms with Gasteiger partial charge in [-0.1, -0.05) is 42.5 Å². The summed E-state index contributed by atoms with van der Waals surface area (Å²) in [5, 5.41) is 9.98. The van der Waals surface area contributed by atoms with Crippen LogP contribution in [0.3, 0.4) is 0 Å². The van der Waals surface area contributed by atoms with Crippen molar-refractivity contribution in [2.24, 2.45) is 0 Å². The Bertz CT molecular complexity index is 989. The van der Waals surface area contributed by atoms with Crippen molar-refractivity contribution in [1.82, 2.24) is 4.98 Å². The van der Waals surface area contributed by atoms with Crippen LogP contribution in [-0.4, -0.2) is 38.4 Å². The zero-order valence-corrected chi connectivity index (χ0v) is 15.8. The molecule has 1 saturated heterocycles. The number of methoxy groups -OCH3 is 1. The van der Waals surface area contributed by atoms with Crippen molar-refractivity contribution < 1.29 is 9.47 Å². The summed E-state index contributed by atoms with van der Waals surface area (Å²) in [4.78, 5) is 7.02. The van der Waals surface area contributed by atoms with Gasteiger partial charge in [0, 0.05) is 24.2 Å². The summed E-state index contributed by atoms with van der Waals surface area (Å²) in [7, 11) is 1.65. The monoisotopic (exact) mass is 371 g/mol. The molecule has 0 N–H and O–H groups in total. The number of nitriles is 1. The Morgan fingerprint density at radius 3 is 2.36 bits per heavy atom. The van der Waals surface area contributed by atoms with E-state index >= 15 is 0 Å². The SMILES string of the molecule is COc1ccc(-c2cc(-c3ccccc3)nc(N3CCOCC3)c2C#N)cc1. The Hall–Kier alpha value is -3.36. The minimum Gasteiger partial charge on any atom is -0.497 e. The lowest BCUT2D eigenvalue weighted by Gasteiger charge is -2.29. The number of anilines is 1. The van der Waals surface area contributed by atoms with Gasteiger partial charge in [-0.25, -0.2) is 4.98 Å². The van der Waals surface area contributed by atoms with Crippen molar-refractivity contribution in [3.8, 4) is 34.2 Å². The molecule has 0 unspecified atom stereocenters. The third-order valence-electron chi connectivity index (χ3n) is 4.89. The maximum Gasteiger partial charge on any atom is 0.148 e. The maximum atomic E-state index is 9.98. The number of hydrogen-bond donors (Lipinski definition) is 0. The van der Waals surface area contributed by atoms with Gasteiger partial charge in [0.1, 0.15) is 23.2 Å². The van der Waals surface area contributed by atoms with Crippen LogP contribution in [0.15, 0.2) is 60.7 Å². The van der Waals surface area contributed by atoms with E-state index in [1.54, 1.807) is 7.11 Å². The first-order valence-corrected chi connectivity index (χ1v) is 9.28. The standard InChI is InChI=1S/C23H21N3O2/c1-27-19-9-7-17(8-10-19)20-15-22(18-5-3-2-4-6-18)25-23(21(20)16-24)26-11-13-28-14-12-26/h2-10,15H,11-14H2,1H3. The lowest BCUT2D eigenvalue weighted by atomic mass is 9.98. The number of morpholine rings is 1. The first-order chi connectivity index (χ1) is 13.8. The number of hydrogen-bond acceptors (Lipinski definition) is 5. The smallest absolute Gasteiger partial charge is 0.148 e. The minimum atomic E-state index is 0.590. The van der Waals surface area contributed by atoms with Crippen molar-refractivity contribution in [2.75, 3.05) is 38.3 Å². The quantitative estimate of drug-likeness (QED) is 0.690. The van der Waals surface area contributed by atoms with Crippen molar-refractivity contribution >= 4 is 5.82 Å². The molecule has 0 radical (unpaired) electrons. The van der Waals surface area contributed by atoms with Crippen LogP contribution in [0.4, 0.5) is 5.82 Å². The van der Waals surface area contributed by atoms with Gasteiger partial charge in [-0.05, 0) is 23.8 Å².